The second-order valence-electron chi connectivity index (χ2n) is 3.65. The van der Waals surface area contributed by atoms with E-state index in [-0.39, 0.29) is 18.3 Å². The number of hydrogen-bond donors (Lipinski definition) is 2. The van der Waals surface area contributed by atoms with Gasteiger partial charge >= 0.3 is 0 Å². The summed E-state index contributed by atoms with van der Waals surface area (Å²) >= 11 is 3.35. The van der Waals surface area contributed by atoms with Crippen molar-refractivity contribution < 1.29 is 9.53 Å². The van der Waals surface area contributed by atoms with Crippen molar-refractivity contribution >= 4 is 34.2 Å². The summed E-state index contributed by atoms with van der Waals surface area (Å²) in [6, 6.07) is 7.40. The maximum atomic E-state index is 11.6. The van der Waals surface area contributed by atoms with Crippen molar-refractivity contribution in [3.05, 3.63) is 28.7 Å². The Hall–Kier alpha value is -0.780. The lowest BCUT2D eigenvalue weighted by molar-refractivity contribution is -0.127. The highest BCUT2D eigenvalue weighted by atomic mass is 79.9. The van der Waals surface area contributed by atoms with Gasteiger partial charge in [-0.15, -0.1) is 12.4 Å². The Labute approximate surface area is 122 Å². The molecule has 4 nitrogen and oxygen atoms in total. The van der Waals surface area contributed by atoms with Gasteiger partial charge in [-0.2, -0.15) is 0 Å². The highest BCUT2D eigenvalue weighted by Gasteiger charge is 2.13. The number of ether oxygens (including phenoxy) is 1. The van der Waals surface area contributed by atoms with E-state index in [4.69, 9.17) is 10.5 Å². The topological polar surface area (TPSA) is 64.3 Å². The van der Waals surface area contributed by atoms with Crippen LogP contribution < -0.4 is 15.8 Å². The Morgan fingerprint density at radius 2 is 2.28 bits per heavy atom. The number of nitrogens with one attached hydrogen (secondary N) is 1. The second kappa shape index (κ2) is 9.19. The number of rotatable bonds is 6. The molecule has 1 amide bonds. The van der Waals surface area contributed by atoms with Crippen LogP contribution in [0.3, 0.4) is 0 Å². The summed E-state index contributed by atoms with van der Waals surface area (Å²) in [7, 11) is 0. The van der Waals surface area contributed by atoms with Crippen LogP contribution in [-0.2, 0) is 4.79 Å². The minimum absolute atomic E-state index is 0. The van der Waals surface area contributed by atoms with E-state index in [1.54, 1.807) is 6.92 Å². The lowest BCUT2D eigenvalue weighted by Crippen LogP contribution is -2.37. The molecule has 0 radical (unpaired) electrons. The number of nitrogens with two attached hydrogens (primary N) is 1. The third kappa shape index (κ3) is 6.23. The molecule has 0 bridgehead atoms. The van der Waals surface area contributed by atoms with Crippen molar-refractivity contribution in [2.45, 2.75) is 19.4 Å². The molecule has 102 valence electrons. The number of halogens is 2. The molecule has 0 aromatic heterocycles. The van der Waals surface area contributed by atoms with Crippen LogP contribution in [0.1, 0.15) is 13.3 Å². The molecule has 1 atom stereocenters. The van der Waals surface area contributed by atoms with E-state index in [9.17, 15) is 4.79 Å². The van der Waals surface area contributed by atoms with Gasteiger partial charge in [0.25, 0.3) is 5.91 Å². The molecule has 3 N–H and O–H groups in total. The van der Waals surface area contributed by atoms with Gasteiger partial charge in [0.2, 0.25) is 0 Å². The Bertz CT molecular complexity index is 377. The molecule has 0 heterocycles. The molecule has 0 saturated heterocycles. The fourth-order valence-corrected chi connectivity index (χ4v) is 1.63. The van der Waals surface area contributed by atoms with E-state index in [0.29, 0.717) is 18.8 Å². The van der Waals surface area contributed by atoms with Crippen LogP contribution >= 0.6 is 28.3 Å². The standard InChI is InChI=1S/C12H17BrN2O2.ClH/c1-9(12(16)15-7-3-6-14)17-11-5-2-4-10(13)8-11;/h2,4-5,8-9H,3,6-7,14H2,1H3,(H,15,16);1H. The van der Waals surface area contributed by atoms with Gasteiger partial charge in [0.05, 0.1) is 0 Å². The van der Waals surface area contributed by atoms with Gasteiger partial charge in [-0.25, -0.2) is 0 Å². The Balaban J connectivity index is 0.00000289. The van der Waals surface area contributed by atoms with Crippen LogP contribution in [0.25, 0.3) is 0 Å². The maximum absolute atomic E-state index is 11.6. The monoisotopic (exact) mass is 336 g/mol. The number of benzene rings is 1. The predicted molar refractivity (Wildman–Crippen MR) is 78.2 cm³/mol. The fraction of sp³-hybridized carbons (Fsp3) is 0.417. The number of hydrogen-bond acceptors (Lipinski definition) is 3. The van der Waals surface area contributed by atoms with Gasteiger partial charge in [0.1, 0.15) is 5.75 Å². The predicted octanol–water partition coefficient (Wildman–Crippen LogP) is 2.10. The third-order valence-corrected chi connectivity index (χ3v) is 2.65. The fourth-order valence-electron chi connectivity index (χ4n) is 1.26. The molecule has 1 unspecified atom stereocenters. The molecule has 0 aliphatic rings. The quantitative estimate of drug-likeness (QED) is 0.781. The van der Waals surface area contributed by atoms with E-state index < -0.39 is 6.10 Å². The molecule has 18 heavy (non-hydrogen) atoms. The number of carbonyl (C=O) groups excluding carboxylic acids is 1. The number of amides is 1. The van der Waals surface area contributed by atoms with E-state index in [1.165, 1.54) is 0 Å². The average Bonchev–Trinajstić information content (AvgIpc) is 2.29. The van der Waals surface area contributed by atoms with E-state index in [1.807, 2.05) is 24.3 Å². The van der Waals surface area contributed by atoms with Gasteiger partial charge in [-0.3, -0.25) is 4.79 Å². The smallest absolute Gasteiger partial charge is 0.260 e. The Kier molecular flexibility index (Phi) is 8.79. The minimum atomic E-state index is -0.512. The Morgan fingerprint density at radius 1 is 1.56 bits per heavy atom. The summed E-state index contributed by atoms with van der Waals surface area (Å²) in [6.45, 7) is 2.88. The molecule has 0 aliphatic heterocycles. The SMILES string of the molecule is CC(Oc1cccc(Br)c1)C(=O)NCCCN.Cl. The van der Waals surface area contributed by atoms with Crippen LogP contribution in [0.2, 0.25) is 0 Å². The zero-order chi connectivity index (χ0) is 12.7. The lowest BCUT2D eigenvalue weighted by Gasteiger charge is -2.14. The van der Waals surface area contributed by atoms with Crippen molar-refractivity contribution in [1.82, 2.24) is 5.32 Å². The van der Waals surface area contributed by atoms with Crippen LogP contribution in [0.4, 0.5) is 0 Å². The van der Waals surface area contributed by atoms with E-state index in [2.05, 4.69) is 21.2 Å². The zero-order valence-corrected chi connectivity index (χ0v) is 12.6. The van der Waals surface area contributed by atoms with Crippen LogP contribution in [0.15, 0.2) is 28.7 Å². The average molecular weight is 338 g/mol. The first-order valence-corrected chi connectivity index (χ1v) is 6.33. The zero-order valence-electron chi connectivity index (χ0n) is 10.2. The molecule has 1 aromatic rings. The van der Waals surface area contributed by atoms with Crippen molar-refractivity contribution in [3.8, 4) is 5.75 Å². The largest absolute Gasteiger partial charge is 0.481 e. The summed E-state index contributed by atoms with van der Waals surface area (Å²) < 4.78 is 6.44. The van der Waals surface area contributed by atoms with Gasteiger partial charge in [0.15, 0.2) is 6.10 Å². The third-order valence-electron chi connectivity index (χ3n) is 2.16. The molecule has 1 aromatic carbocycles. The van der Waals surface area contributed by atoms with Gasteiger partial charge < -0.3 is 15.8 Å². The summed E-state index contributed by atoms with van der Waals surface area (Å²) in [6.07, 6.45) is 0.261. The summed E-state index contributed by atoms with van der Waals surface area (Å²) in [4.78, 5) is 11.6. The first-order valence-electron chi connectivity index (χ1n) is 5.53. The van der Waals surface area contributed by atoms with Gasteiger partial charge in [-0.05, 0) is 38.1 Å². The molecule has 0 saturated carbocycles. The van der Waals surface area contributed by atoms with Crippen LogP contribution in [0.5, 0.6) is 5.75 Å². The summed E-state index contributed by atoms with van der Waals surface area (Å²) in [5.41, 5.74) is 5.34. The Morgan fingerprint density at radius 3 is 2.89 bits per heavy atom. The van der Waals surface area contributed by atoms with Crippen molar-refractivity contribution in [2.75, 3.05) is 13.1 Å². The highest BCUT2D eigenvalue weighted by Crippen LogP contribution is 2.18. The van der Waals surface area contributed by atoms with Gasteiger partial charge in [0, 0.05) is 11.0 Å². The van der Waals surface area contributed by atoms with Crippen molar-refractivity contribution in [2.24, 2.45) is 5.73 Å². The summed E-state index contributed by atoms with van der Waals surface area (Å²) in [5.74, 6) is 0.541. The molecule has 1 rings (SSSR count). The minimum Gasteiger partial charge on any atom is -0.481 e. The van der Waals surface area contributed by atoms with Crippen molar-refractivity contribution in [1.29, 1.82) is 0 Å². The molecule has 0 aliphatic carbocycles. The highest BCUT2D eigenvalue weighted by molar-refractivity contribution is 9.10. The normalized spacial score (nSPS) is 11.3. The van der Waals surface area contributed by atoms with Crippen LogP contribution in [-0.4, -0.2) is 25.1 Å². The molecule has 0 fully saturated rings. The lowest BCUT2D eigenvalue weighted by atomic mass is 10.3. The number of carbonyl (C=O) groups is 1. The second-order valence-corrected chi connectivity index (χ2v) is 4.57. The first kappa shape index (κ1) is 17.2. The van der Waals surface area contributed by atoms with E-state index >= 15 is 0 Å². The van der Waals surface area contributed by atoms with Crippen LogP contribution in [0, 0.1) is 0 Å². The first-order chi connectivity index (χ1) is 8.13. The van der Waals surface area contributed by atoms with Crippen molar-refractivity contribution in [3.63, 3.8) is 0 Å². The summed E-state index contributed by atoms with van der Waals surface area (Å²) in [5, 5.41) is 2.76. The van der Waals surface area contributed by atoms with Gasteiger partial charge in [-0.1, -0.05) is 22.0 Å². The van der Waals surface area contributed by atoms with E-state index in [0.717, 1.165) is 10.9 Å². The molecule has 6 heteroatoms. The molecular formula is C12H18BrClN2O2. The maximum Gasteiger partial charge on any atom is 0.260 e. The molecule has 0 spiro atoms. The molecular weight excluding hydrogens is 320 g/mol.